The van der Waals surface area contributed by atoms with Crippen molar-refractivity contribution < 1.29 is 4.39 Å². The van der Waals surface area contributed by atoms with Crippen LogP contribution in [-0.4, -0.2) is 51.6 Å². The second kappa shape index (κ2) is 11.1. The van der Waals surface area contributed by atoms with E-state index >= 15 is 0 Å². The van der Waals surface area contributed by atoms with Crippen molar-refractivity contribution in [1.29, 1.82) is 0 Å². The number of fused-ring (bicyclic) bond motifs is 3. The second-order valence-corrected chi connectivity index (χ2v) is 13.8. The second-order valence-electron chi connectivity index (χ2n) is 13.8. The van der Waals surface area contributed by atoms with Gasteiger partial charge in [-0.25, -0.2) is 14.4 Å². The molecule has 3 aliphatic carbocycles. The SMILES string of the molecule is Cc1ccc(CCn2cnc3cc(N=C(N[C@H]4C[C@@H]5C[C@@H]([C@H]4C)C5(C)C)N4C[C@H](C)N[C@@H](C)C4)ccc3c2=O)c(F)c1. The largest absolute Gasteiger partial charge is 0.353 e. The van der Waals surface area contributed by atoms with E-state index in [9.17, 15) is 9.18 Å². The van der Waals surface area contributed by atoms with Crippen LogP contribution >= 0.6 is 0 Å². The van der Waals surface area contributed by atoms with Crippen molar-refractivity contribution in [2.45, 2.75) is 85.5 Å². The zero-order valence-electron chi connectivity index (χ0n) is 25.8. The minimum Gasteiger partial charge on any atom is -0.353 e. The lowest BCUT2D eigenvalue weighted by Gasteiger charge is -2.62. The Kier molecular flexibility index (Phi) is 7.62. The number of aryl methyl sites for hydroxylation is 3. The number of aliphatic imine (C=N–C) groups is 1. The Hall–Kier alpha value is -3.26. The van der Waals surface area contributed by atoms with Gasteiger partial charge in [0.2, 0.25) is 0 Å². The minimum absolute atomic E-state index is 0.121. The maximum absolute atomic E-state index is 14.3. The number of nitrogens with one attached hydrogen (secondary N) is 2. The van der Waals surface area contributed by atoms with E-state index in [0.29, 0.717) is 58.9 Å². The van der Waals surface area contributed by atoms with Crippen molar-refractivity contribution in [3.8, 4) is 0 Å². The van der Waals surface area contributed by atoms with Gasteiger partial charge in [0.25, 0.3) is 5.56 Å². The smallest absolute Gasteiger partial charge is 0.261 e. The van der Waals surface area contributed by atoms with Crippen molar-refractivity contribution in [3.63, 3.8) is 0 Å². The molecule has 1 aromatic heterocycles. The van der Waals surface area contributed by atoms with E-state index in [1.807, 2.05) is 31.2 Å². The van der Waals surface area contributed by atoms with Gasteiger partial charge in [0.1, 0.15) is 5.82 Å². The maximum Gasteiger partial charge on any atom is 0.261 e. The number of hydrogen-bond acceptors (Lipinski definition) is 4. The Labute approximate surface area is 248 Å². The number of rotatable bonds is 5. The summed E-state index contributed by atoms with van der Waals surface area (Å²) >= 11 is 0. The Morgan fingerprint density at radius 2 is 1.88 bits per heavy atom. The first kappa shape index (κ1) is 28.8. The Morgan fingerprint density at radius 3 is 2.57 bits per heavy atom. The maximum atomic E-state index is 14.3. The number of aromatic nitrogens is 2. The highest BCUT2D eigenvalue weighted by Crippen LogP contribution is 2.61. The van der Waals surface area contributed by atoms with Crippen LogP contribution in [-0.2, 0) is 13.0 Å². The molecule has 4 fully saturated rings. The van der Waals surface area contributed by atoms with Gasteiger partial charge in [-0.05, 0) is 98.6 Å². The van der Waals surface area contributed by atoms with Crippen LogP contribution in [0.15, 0.2) is 52.5 Å². The number of guanidine groups is 1. The third-order valence-electron chi connectivity index (χ3n) is 10.4. The quantitative estimate of drug-likeness (QED) is 0.316. The fourth-order valence-corrected chi connectivity index (χ4v) is 7.79. The molecule has 3 aromatic rings. The number of piperazine rings is 1. The zero-order valence-corrected chi connectivity index (χ0v) is 25.8. The number of benzene rings is 2. The van der Waals surface area contributed by atoms with Crippen LogP contribution in [0.4, 0.5) is 10.1 Å². The van der Waals surface area contributed by atoms with Crippen molar-refractivity contribution >= 4 is 22.5 Å². The zero-order chi connectivity index (χ0) is 29.8. The Bertz CT molecular complexity index is 1550. The first-order valence-corrected chi connectivity index (χ1v) is 15.6. The van der Waals surface area contributed by atoms with Crippen LogP contribution in [0.2, 0.25) is 0 Å². The molecule has 3 saturated carbocycles. The number of halogens is 1. The van der Waals surface area contributed by atoms with Gasteiger partial charge in [-0.2, -0.15) is 0 Å². The molecule has 224 valence electrons. The summed E-state index contributed by atoms with van der Waals surface area (Å²) in [4.78, 5) is 25.4. The Morgan fingerprint density at radius 1 is 1.12 bits per heavy atom. The van der Waals surface area contributed by atoms with E-state index in [1.54, 1.807) is 17.0 Å². The van der Waals surface area contributed by atoms with Gasteiger partial charge in [0, 0.05) is 37.8 Å². The molecule has 7 nitrogen and oxygen atoms in total. The van der Waals surface area contributed by atoms with Crippen LogP contribution < -0.4 is 16.2 Å². The highest BCUT2D eigenvalue weighted by molar-refractivity contribution is 5.86. The van der Waals surface area contributed by atoms with E-state index in [4.69, 9.17) is 4.99 Å². The molecule has 2 aromatic carbocycles. The van der Waals surface area contributed by atoms with E-state index in [1.165, 1.54) is 18.9 Å². The summed E-state index contributed by atoms with van der Waals surface area (Å²) in [6.07, 6.45) is 4.51. The third kappa shape index (κ3) is 5.46. The fourth-order valence-electron chi connectivity index (χ4n) is 7.79. The van der Waals surface area contributed by atoms with Crippen LogP contribution in [0.5, 0.6) is 0 Å². The fraction of sp³-hybridized carbons (Fsp3) is 0.559. The van der Waals surface area contributed by atoms with Gasteiger partial charge < -0.3 is 15.5 Å². The molecular formula is C34H45FN6O. The molecule has 0 amide bonds. The molecule has 4 aliphatic rings. The van der Waals surface area contributed by atoms with Crippen molar-refractivity contribution in [2.75, 3.05) is 13.1 Å². The molecule has 1 saturated heterocycles. The molecule has 1 aliphatic heterocycles. The summed E-state index contributed by atoms with van der Waals surface area (Å²) < 4.78 is 15.9. The van der Waals surface area contributed by atoms with E-state index in [0.717, 1.165) is 42.1 Å². The van der Waals surface area contributed by atoms with E-state index in [-0.39, 0.29) is 11.4 Å². The minimum atomic E-state index is -0.236. The third-order valence-corrected chi connectivity index (χ3v) is 10.4. The summed E-state index contributed by atoms with van der Waals surface area (Å²) in [6.45, 7) is 15.7. The van der Waals surface area contributed by atoms with Crippen molar-refractivity contribution in [3.05, 3.63) is 70.0 Å². The topological polar surface area (TPSA) is 74.6 Å². The molecule has 42 heavy (non-hydrogen) atoms. The normalized spacial score (nSPS) is 28.9. The summed E-state index contributed by atoms with van der Waals surface area (Å²) in [5, 5.41) is 8.08. The molecule has 6 atom stereocenters. The summed E-state index contributed by atoms with van der Waals surface area (Å²) in [6, 6.07) is 12.0. The average molecular weight is 573 g/mol. The summed E-state index contributed by atoms with van der Waals surface area (Å²) in [5.41, 5.74) is 3.19. The highest BCUT2D eigenvalue weighted by Gasteiger charge is 2.56. The molecule has 0 spiro atoms. The average Bonchev–Trinajstić information content (AvgIpc) is 2.93. The van der Waals surface area contributed by atoms with Gasteiger partial charge in [-0.1, -0.05) is 32.9 Å². The molecule has 8 heteroatoms. The van der Waals surface area contributed by atoms with Crippen molar-refractivity contribution in [2.24, 2.45) is 28.2 Å². The lowest BCUT2D eigenvalue weighted by molar-refractivity contribution is -0.112. The Balaban J connectivity index is 1.26. The molecule has 2 N–H and O–H groups in total. The van der Waals surface area contributed by atoms with E-state index < -0.39 is 0 Å². The predicted molar refractivity (Wildman–Crippen MR) is 168 cm³/mol. The molecule has 7 rings (SSSR count). The molecule has 0 unspecified atom stereocenters. The number of hydrogen-bond donors (Lipinski definition) is 2. The summed E-state index contributed by atoms with van der Waals surface area (Å²) in [7, 11) is 0. The number of nitrogens with zero attached hydrogens (tertiary/aromatic N) is 4. The van der Waals surface area contributed by atoms with Crippen LogP contribution in [0.25, 0.3) is 10.9 Å². The molecule has 0 radical (unpaired) electrons. The first-order chi connectivity index (χ1) is 20.0. The van der Waals surface area contributed by atoms with Gasteiger partial charge in [-0.15, -0.1) is 0 Å². The van der Waals surface area contributed by atoms with Gasteiger partial charge >= 0.3 is 0 Å². The monoisotopic (exact) mass is 572 g/mol. The summed E-state index contributed by atoms with van der Waals surface area (Å²) in [5.74, 6) is 2.76. The standard InChI is InChI=1S/C34H45FN6O/c1-20-7-8-24(29(35)13-20)11-12-40-19-36-31-16-26(9-10-27(31)32(40)42)38-33(41-17-21(2)37-22(3)18-41)39-30-15-25-14-28(23(30)4)34(25,5)6/h7-10,13,16,19,21-23,25,28,30,37H,11-12,14-15,17-18H2,1-6H3,(H,38,39)/t21-,22-,23+,25-,28-,30-/m0/s1. The van der Waals surface area contributed by atoms with Gasteiger partial charge in [-0.3, -0.25) is 9.36 Å². The van der Waals surface area contributed by atoms with Gasteiger partial charge in [0.15, 0.2) is 5.96 Å². The van der Waals surface area contributed by atoms with E-state index in [2.05, 4.69) is 55.1 Å². The van der Waals surface area contributed by atoms with Crippen LogP contribution in [0, 0.1) is 35.9 Å². The molecule has 2 heterocycles. The lowest BCUT2D eigenvalue weighted by atomic mass is 9.45. The molecular weight excluding hydrogens is 527 g/mol. The first-order valence-electron chi connectivity index (χ1n) is 15.6. The molecule has 2 bridgehead atoms. The van der Waals surface area contributed by atoms with Crippen LogP contribution in [0.1, 0.15) is 58.6 Å². The predicted octanol–water partition coefficient (Wildman–Crippen LogP) is 5.42. The van der Waals surface area contributed by atoms with Gasteiger partial charge in [0.05, 0.1) is 22.9 Å². The van der Waals surface area contributed by atoms with Crippen molar-refractivity contribution in [1.82, 2.24) is 25.1 Å². The highest BCUT2D eigenvalue weighted by atomic mass is 19.1. The van der Waals surface area contributed by atoms with Crippen LogP contribution in [0.3, 0.4) is 0 Å². The lowest BCUT2D eigenvalue weighted by Crippen LogP contribution is -2.64.